The summed E-state index contributed by atoms with van der Waals surface area (Å²) in [5, 5.41) is 3.42. The number of halogens is 2. The highest BCUT2D eigenvalue weighted by molar-refractivity contribution is 6.30. The van der Waals surface area contributed by atoms with Crippen molar-refractivity contribution in [3.8, 4) is 17.0 Å². The summed E-state index contributed by atoms with van der Waals surface area (Å²) in [7, 11) is 1.41. The molecule has 28 heavy (non-hydrogen) atoms. The van der Waals surface area contributed by atoms with Crippen LogP contribution in [-0.2, 0) is 11.2 Å². The third-order valence-corrected chi connectivity index (χ3v) is 4.19. The lowest BCUT2D eigenvalue weighted by Gasteiger charge is -2.13. The van der Waals surface area contributed by atoms with E-state index in [0.29, 0.717) is 22.1 Å². The molecule has 0 aliphatic rings. The lowest BCUT2D eigenvalue weighted by molar-refractivity contribution is -0.116. The van der Waals surface area contributed by atoms with Crippen LogP contribution in [0.3, 0.4) is 0 Å². The van der Waals surface area contributed by atoms with E-state index in [-0.39, 0.29) is 29.2 Å². The van der Waals surface area contributed by atoms with Crippen LogP contribution in [0, 0.1) is 5.82 Å². The van der Waals surface area contributed by atoms with Gasteiger partial charge in [0.15, 0.2) is 0 Å². The molecule has 0 saturated heterocycles. The van der Waals surface area contributed by atoms with Crippen LogP contribution in [0.15, 0.2) is 47.4 Å². The number of aromatic nitrogens is 2. The predicted molar refractivity (Wildman–Crippen MR) is 106 cm³/mol. The Morgan fingerprint density at radius 2 is 2.04 bits per heavy atom. The quantitative estimate of drug-likeness (QED) is 0.649. The van der Waals surface area contributed by atoms with Crippen molar-refractivity contribution in [2.45, 2.75) is 13.3 Å². The number of ketones is 1. The highest BCUT2D eigenvalue weighted by Gasteiger charge is 2.15. The van der Waals surface area contributed by atoms with Crippen molar-refractivity contribution in [2.75, 3.05) is 12.4 Å². The van der Waals surface area contributed by atoms with Gasteiger partial charge in [0.2, 0.25) is 5.88 Å². The van der Waals surface area contributed by atoms with E-state index in [1.165, 1.54) is 38.3 Å². The second kappa shape index (κ2) is 8.22. The van der Waals surface area contributed by atoms with Gasteiger partial charge in [-0.1, -0.05) is 11.6 Å². The number of carbonyl (C=O) groups excluding carboxylic acids is 1. The first-order valence-electron chi connectivity index (χ1n) is 8.35. The highest BCUT2D eigenvalue weighted by Crippen LogP contribution is 2.30. The first kappa shape index (κ1) is 19.6. The minimum atomic E-state index is -0.571. The largest absolute Gasteiger partial charge is 0.481 e. The Balaban J connectivity index is 2.05. The van der Waals surface area contributed by atoms with Crippen molar-refractivity contribution < 1.29 is 13.9 Å². The van der Waals surface area contributed by atoms with Crippen molar-refractivity contribution in [2.24, 2.45) is 0 Å². The Kier molecular flexibility index (Phi) is 5.75. The minimum Gasteiger partial charge on any atom is -0.481 e. The lowest BCUT2D eigenvalue weighted by atomic mass is 10.1. The van der Waals surface area contributed by atoms with Crippen molar-refractivity contribution in [1.82, 2.24) is 9.97 Å². The predicted octanol–water partition coefficient (Wildman–Crippen LogP) is 4.11. The van der Waals surface area contributed by atoms with E-state index < -0.39 is 11.4 Å². The molecule has 0 aliphatic heterocycles. The summed E-state index contributed by atoms with van der Waals surface area (Å²) in [6.07, 6.45) is 1.77. The number of benzene rings is 1. The van der Waals surface area contributed by atoms with Gasteiger partial charge in [-0.15, -0.1) is 0 Å². The van der Waals surface area contributed by atoms with Gasteiger partial charge < -0.3 is 10.1 Å². The summed E-state index contributed by atoms with van der Waals surface area (Å²) in [5.41, 5.74) is 1.30. The van der Waals surface area contributed by atoms with Gasteiger partial charge in [0.25, 0.3) is 5.56 Å². The molecule has 1 aromatic carbocycles. The van der Waals surface area contributed by atoms with Gasteiger partial charge in [-0.2, -0.15) is 0 Å². The summed E-state index contributed by atoms with van der Waals surface area (Å²) >= 11 is 5.95. The topological polar surface area (TPSA) is 84.1 Å². The standard InChI is InChI=1S/C20H17ClFN3O3/c1-11(26)7-14-9-13(5-6-23-14)24-18-10-16(19(27)25-20(18)28-2)15-8-12(21)3-4-17(15)22/h3-6,8-10H,7H2,1-2H3,(H,23,24)(H,25,27). The molecule has 0 amide bonds. The van der Waals surface area contributed by atoms with Crippen LogP contribution in [0.2, 0.25) is 5.02 Å². The van der Waals surface area contributed by atoms with Crippen LogP contribution in [0.1, 0.15) is 12.6 Å². The molecule has 0 saturated carbocycles. The van der Waals surface area contributed by atoms with Crippen molar-refractivity contribution >= 4 is 28.8 Å². The second-order valence-electron chi connectivity index (χ2n) is 6.12. The van der Waals surface area contributed by atoms with Crippen molar-refractivity contribution in [1.29, 1.82) is 0 Å². The summed E-state index contributed by atoms with van der Waals surface area (Å²) in [4.78, 5) is 30.5. The van der Waals surface area contributed by atoms with Gasteiger partial charge >= 0.3 is 0 Å². The number of anilines is 2. The SMILES string of the molecule is COc1[nH]c(=O)c(-c2cc(Cl)ccc2F)cc1Nc1ccnc(CC(C)=O)c1. The normalized spacial score (nSPS) is 10.6. The van der Waals surface area contributed by atoms with Gasteiger partial charge in [0.05, 0.1) is 12.7 Å². The van der Waals surface area contributed by atoms with E-state index in [2.05, 4.69) is 15.3 Å². The van der Waals surface area contributed by atoms with Crippen molar-refractivity contribution in [3.05, 3.63) is 69.5 Å². The maximum absolute atomic E-state index is 14.2. The third-order valence-electron chi connectivity index (χ3n) is 3.95. The molecule has 0 bridgehead atoms. The molecular weight excluding hydrogens is 385 g/mol. The molecule has 3 rings (SSSR count). The summed E-state index contributed by atoms with van der Waals surface area (Å²) in [6, 6.07) is 8.89. The van der Waals surface area contributed by atoms with Crippen LogP contribution in [-0.4, -0.2) is 22.9 Å². The summed E-state index contributed by atoms with van der Waals surface area (Å²) < 4.78 is 19.5. The molecule has 0 radical (unpaired) electrons. The first-order chi connectivity index (χ1) is 13.4. The fourth-order valence-electron chi connectivity index (χ4n) is 2.73. The Bertz CT molecular complexity index is 1100. The van der Waals surface area contributed by atoms with E-state index in [0.717, 1.165) is 0 Å². The number of hydrogen-bond acceptors (Lipinski definition) is 5. The molecule has 0 unspecified atom stereocenters. The van der Waals surface area contributed by atoms with Crippen LogP contribution in [0.25, 0.3) is 11.1 Å². The summed E-state index contributed by atoms with van der Waals surface area (Å²) in [6.45, 7) is 1.48. The van der Waals surface area contributed by atoms with Gasteiger partial charge in [-0.05, 0) is 43.3 Å². The molecular formula is C20H17ClFN3O3. The summed E-state index contributed by atoms with van der Waals surface area (Å²) in [5.74, 6) is -0.398. The maximum atomic E-state index is 14.2. The Hall–Kier alpha value is -3.19. The molecule has 0 fully saturated rings. The third kappa shape index (κ3) is 4.37. The fraction of sp³-hybridized carbons (Fsp3) is 0.150. The van der Waals surface area contributed by atoms with Gasteiger partial charge in [-0.25, -0.2) is 4.39 Å². The van der Waals surface area contributed by atoms with Crippen LogP contribution in [0.4, 0.5) is 15.8 Å². The molecule has 8 heteroatoms. The zero-order chi connectivity index (χ0) is 20.3. The smallest absolute Gasteiger partial charge is 0.258 e. The first-order valence-corrected chi connectivity index (χ1v) is 8.73. The van der Waals surface area contributed by atoms with Gasteiger partial charge in [0.1, 0.15) is 17.3 Å². The number of nitrogens with one attached hydrogen (secondary N) is 2. The van der Waals surface area contributed by atoms with E-state index >= 15 is 0 Å². The average Bonchev–Trinajstić information content (AvgIpc) is 2.64. The minimum absolute atomic E-state index is 0.00927. The number of carbonyl (C=O) groups is 1. The number of pyridine rings is 2. The molecule has 2 aromatic heterocycles. The maximum Gasteiger partial charge on any atom is 0.258 e. The van der Waals surface area contributed by atoms with Crippen LogP contribution in [0.5, 0.6) is 5.88 Å². The number of methoxy groups -OCH3 is 1. The van der Waals surface area contributed by atoms with Crippen LogP contribution >= 0.6 is 11.6 Å². The molecule has 6 nitrogen and oxygen atoms in total. The highest BCUT2D eigenvalue weighted by atomic mass is 35.5. The van der Waals surface area contributed by atoms with Crippen molar-refractivity contribution in [3.63, 3.8) is 0 Å². The zero-order valence-corrected chi connectivity index (χ0v) is 15.9. The monoisotopic (exact) mass is 401 g/mol. The fourth-order valence-corrected chi connectivity index (χ4v) is 2.91. The number of rotatable bonds is 6. The Morgan fingerprint density at radius 3 is 2.75 bits per heavy atom. The second-order valence-corrected chi connectivity index (χ2v) is 6.56. The number of H-pyrrole nitrogens is 1. The number of aromatic amines is 1. The number of Topliss-reactive ketones (excluding diaryl/α,β-unsaturated/α-hetero) is 1. The number of nitrogens with zero attached hydrogens (tertiary/aromatic N) is 1. The molecule has 0 spiro atoms. The number of ether oxygens (including phenoxy) is 1. The molecule has 144 valence electrons. The zero-order valence-electron chi connectivity index (χ0n) is 15.2. The molecule has 0 atom stereocenters. The van der Waals surface area contributed by atoms with E-state index in [1.807, 2.05) is 0 Å². The Morgan fingerprint density at radius 1 is 1.25 bits per heavy atom. The molecule has 2 heterocycles. The number of hydrogen-bond donors (Lipinski definition) is 2. The van der Waals surface area contributed by atoms with E-state index in [1.54, 1.807) is 18.3 Å². The molecule has 2 N–H and O–H groups in total. The van der Waals surface area contributed by atoms with Gasteiger partial charge in [-0.3, -0.25) is 19.6 Å². The molecule has 0 aliphatic carbocycles. The van der Waals surface area contributed by atoms with E-state index in [9.17, 15) is 14.0 Å². The average molecular weight is 402 g/mol. The van der Waals surface area contributed by atoms with Crippen LogP contribution < -0.4 is 15.6 Å². The Labute approximate surface area is 165 Å². The van der Waals surface area contributed by atoms with Gasteiger partial charge in [0, 0.05) is 34.6 Å². The lowest BCUT2D eigenvalue weighted by Crippen LogP contribution is -2.12. The molecule has 3 aromatic rings. The van der Waals surface area contributed by atoms with E-state index in [4.69, 9.17) is 16.3 Å².